The van der Waals surface area contributed by atoms with Gasteiger partial charge in [0, 0.05) is 19.4 Å². The molecule has 2 aromatic carbocycles. The molecule has 5 nitrogen and oxygen atoms in total. The van der Waals surface area contributed by atoms with Gasteiger partial charge in [0.1, 0.15) is 17.5 Å². The summed E-state index contributed by atoms with van der Waals surface area (Å²) in [4.78, 5) is 22.7. The summed E-state index contributed by atoms with van der Waals surface area (Å²) in [5.74, 6) is -6.25. The summed E-state index contributed by atoms with van der Waals surface area (Å²) in [6.45, 7) is 1.07. The zero-order valence-corrected chi connectivity index (χ0v) is 14.7. The van der Waals surface area contributed by atoms with E-state index in [-0.39, 0.29) is 24.3 Å². The highest BCUT2D eigenvalue weighted by molar-refractivity contribution is 6.12. The molecule has 9 heteroatoms. The molecule has 0 radical (unpaired) electrons. The molecule has 0 heterocycles. The average Bonchev–Trinajstić information content (AvgIpc) is 2.60. The highest BCUT2D eigenvalue weighted by Crippen LogP contribution is 2.22. The molecule has 148 valence electrons. The van der Waals surface area contributed by atoms with E-state index < -0.39 is 52.8 Å². The van der Waals surface area contributed by atoms with E-state index in [9.17, 15) is 27.2 Å². The van der Waals surface area contributed by atoms with Gasteiger partial charge in [0.25, 0.3) is 0 Å². The largest absolute Gasteiger partial charge is 0.466 e. The van der Waals surface area contributed by atoms with Crippen molar-refractivity contribution < 1.29 is 31.9 Å². The maximum absolute atomic E-state index is 14.1. The quantitative estimate of drug-likeness (QED) is 0.244. The number of rotatable bonds is 7. The van der Waals surface area contributed by atoms with E-state index in [0.717, 1.165) is 12.1 Å². The van der Waals surface area contributed by atoms with Crippen LogP contribution < -0.4 is 5.32 Å². The summed E-state index contributed by atoms with van der Waals surface area (Å²) in [5, 5.41) is 9.97. The smallest absolute Gasteiger partial charge is 0.302 e. The zero-order valence-electron chi connectivity index (χ0n) is 14.7. The van der Waals surface area contributed by atoms with Gasteiger partial charge in [0.05, 0.1) is 24.3 Å². The van der Waals surface area contributed by atoms with E-state index in [1.54, 1.807) is 0 Å². The average molecular weight is 396 g/mol. The lowest BCUT2D eigenvalue weighted by molar-refractivity contribution is -0.140. The molecule has 0 aliphatic rings. The van der Waals surface area contributed by atoms with Crippen molar-refractivity contribution in [1.29, 1.82) is 5.41 Å². The molecule has 0 bridgehead atoms. The molecule has 0 saturated heterocycles. The van der Waals surface area contributed by atoms with Crippen molar-refractivity contribution in [3.63, 3.8) is 0 Å². The summed E-state index contributed by atoms with van der Waals surface area (Å²) in [5.41, 5.74) is -0.827. The van der Waals surface area contributed by atoms with Gasteiger partial charge in [-0.25, -0.2) is 17.6 Å². The molecule has 2 aromatic rings. The van der Waals surface area contributed by atoms with E-state index >= 15 is 0 Å². The fraction of sp³-hybridized carbons (Fsp3) is 0.211. The molecule has 0 spiro atoms. The Labute approximate surface area is 157 Å². The first kappa shape index (κ1) is 21.1. The fourth-order valence-corrected chi connectivity index (χ4v) is 2.36. The monoisotopic (exact) mass is 396 g/mol. The number of nitrogens with one attached hydrogen (secondary N) is 2. The Morgan fingerprint density at radius 3 is 2.43 bits per heavy atom. The second-order valence-corrected chi connectivity index (χ2v) is 5.82. The van der Waals surface area contributed by atoms with Gasteiger partial charge in [-0.2, -0.15) is 0 Å². The number of esters is 1. The minimum absolute atomic E-state index is 0.0275. The Kier molecular flexibility index (Phi) is 6.86. The molecule has 0 aliphatic heterocycles. The summed E-state index contributed by atoms with van der Waals surface area (Å²) < 4.78 is 59.4. The van der Waals surface area contributed by atoms with Crippen molar-refractivity contribution in [2.75, 3.05) is 11.9 Å². The van der Waals surface area contributed by atoms with E-state index in [2.05, 4.69) is 10.1 Å². The Hall–Kier alpha value is -3.23. The number of hydrogen-bond acceptors (Lipinski definition) is 4. The van der Waals surface area contributed by atoms with Gasteiger partial charge in [-0.15, -0.1) is 0 Å². The van der Waals surface area contributed by atoms with Crippen molar-refractivity contribution >= 4 is 23.3 Å². The van der Waals surface area contributed by atoms with Gasteiger partial charge < -0.3 is 10.1 Å². The molecular formula is C19H16F4N2O3. The van der Waals surface area contributed by atoms with Gasteiger partial charge >= 0.3 is 5.97 Å². The molecule has 0 atom stereocenters. The fourth-order valence-electron chi connectivity index (χ4n) is 2.36. The van der Waals surface area contributed by atoms with E-state index in [1.807, 2.05) is 0 Å². The van der Waals surface area contributed by atoms with E-state index in [1.165, 1.54) is 19.1 Å². The first-order valence-electron chi connectivity index (χ1n) is 8.12. The molecule has 0 fully saturated rings. The number of ketones is 1. The Balaban J connectivity index is 2.04. The normalized spacial score (nSPS) is 10.5. The zero-order chi connectivity index (χ0) is 20.8. The third-order valence-corrected chi connectivity index (χ3v) is 3.69. The third-order valence-electron chi connectivity index (χ3n) is 3.69. The minimum Gasteiger partial charge on any atom is -0.466 e. The maximum Gasteiger partial charge on any atom is 0.302 e. The SMILES string of the molecule is CC(=O)OCCc1ccc(NC(=N)CC(=O)c2ccc(F)cc2F)c(F)c1F. The van der Waals surface area contributed by atoms with Crippen LogP contribution in [0.2, 0.25) is 0 Å². The molecule has 0 amide bonds. The van der Waals surface area contributed by atoms with Crippen LogP contribution in [0.3, 0.4) is 0 Å². The highest BCUT2D eigenvalue weighted by Gasteiger charge is 2.18. The lowest BCUT2D eigenvalue weighted by Gasteiger charge is -2.11. The first-order chi connectivity index (χ1) is 13.2. The number of halogens is 4. The lowest BCUT2D eigenvalue weighted by Crippen LogP contribution is -2.18. The first-order valence-corrected chi connectivity index (χ1v) is 8.12. The minimum atomic E-state index is -1.27. The Bertz CT molecular complexity index is 932. The second kappa shape index (κ2) is 9.12. The predicted molar refractivity (Wildman–Crippen MR) is 93.3 cm³/mol. The molecule has 0 unspecified atom stereocenters. The van der Waals surface area contributed by atoms with Crippen molar-refractivity contribution in [2.45, 2.75) is 19.8 Å². The Morgan fingerprint density at radius 2 is 1.79 bits per heavy atom. The van der Waals surface area contributed by atoms with Crippen LogP contribution in [0.15, 0.2) is 30.3 Å². The van der Waals surface area contributed by atoms with Crippen molar-refractivity contribution in [2.24, 2.45) is 0 Å². The Morgan fingerprint density at radius 1 is 1.07 bits per heavy atom. The number of ether oxygens (including phenoxy) is 1. The van der Waals surface area contributed by atoms with Crippen molar-refractivity contribution in [3.05, 3.63) is 64.7 Å². The third kappa shape index (κ3) is 5.38. The number of amidine groups is 1. The summed E-state index contributed by atoms with van der Waals surface area (Å²) in [6.07, 6.45) is -0.666. The molecule has 28 heavy (non-hydrogen) atoms. The van der Waals surface area contributed by atoms with Gasteiger partial charge in [0.15, 0.2) is 17.4 Å². The van der Waals surface area contributed by atoms with Crippen molar-refractivity contribution in [3.8, 4) is 0 Å². The molecule has 2 rings (SSSR count). The van der Waals surface area contributed by atoms with E-state index in [4.69, 9.17) is 5.41 Å². The van der Waals surface area contributed by atoms with Crippen molar-refractivity contribution in [1.82, 2.24) is 0 Å². The summed E-state index contributed by atoms with van der Waals surface area (Å²) in [7, 11) is 0. The van der Waals surface area contributed by atoms with Crippen LogP contribution in [-0.2, 0) is 16.0 Å². The summed E-state index contributed by atoms with van der Waals surface area (Å²) >= 11 is 0. The maximum atomic E-state index is 14.1. The molecule has 0 aliphatic carbocycles. The number of anilines is 1. The molecular weight excluding hydrogens is 380 g/mol. The van der Waals surface area contributed by atoms with E-state index in [0.29, 0.717) is 6.07 Å². The standard InChI is InChI=1S/C19H16F4N2O3/c1-10(26)28-7-6-11-2-5-15(19(23)18(11)22)25-17(24)9-16(27)13-4-3-12(20)8-14(13)21/h2-5,8H,6-7,9H2,1H3,(H2,24,25). The van der Waals surface area contributed by atoms with Gasteiger partial charge in [0.2, 0.25) is 0 Å². The number of carbonyl (C=O) groups excluding carboxylic acids is 2. The summed E-state index contributed by atoms with van der Waals surface area (Å²) in [6, 6.07) is 4.79. The van der Waals surface area contributed by atoms with Gasteiger partial charge in [-0.05, 0) is 23.8 Å². The molecule has 2 N–H and O–H groups in total. The van der Waals surface area contributed by atoms with Crippen LogP contribution in [-0.4, -0.2) is 24.2 Å². The highest BCUT2D eigenvalue weighted by atomic mass is 19.2. The number of benzene rings is 2. The van der Waals surface area contributed by atoms with Crippen LogP contribution in [0.25, 0.3) is 0 Å². The lowest BCUT2D eigenvalue weighted by atomic mass is 10.1. The number of Topliss-reactive ketones (excluding diaryl/α,β-unsaturated/α-hetero) is 1. The number of carbonyl (C=O) groups is 2. The number of hydrogen-bond donors (Lipinski definition) is 2. The predicted octanol–water partition coefficient (Wildman–Crippen LogP) is 4.01. The van der Waals surface area contributed by atoms with Gasteiger partial charge in [-0.3, -0.25) is 15.0 Å². The molecule has 0 saturated carbocycles. The van der Waals surface area contributed by atoms with Gasteiger partial charge in [-0.1, -0.05) is 6.07 Å². The second-order valence-electron chi connectivity index (χ2n) is 5.82. The van der Waals surface area contributed by atoms with Crippen LogP contribution in [0.5, 0.6) is 0 Å². The molecule has 0 aromatic heterocycles. The van der Waals surface area contributed by atoms with Crippen LogP contribution in [0.1, 0.15) is 29.3 Å². The van der Waals surface area contributed by atoms with Crippen LogP contribution >= 0.6 is 0 Å². The van der Waals surface area contributed by atoms with Crippen LogP contribution in [0, 0.1) is 28.7 Å². The topological polar surface area (TPSA) is 79.2 Å². The van der Waals surface area contributed by atoms with Crippen LogP contribution in [0.4, 0.5) is 23.2 Å².